The van der Waals surface area contributed by atoms with E-state index in [0.29, 0.717) is 36.7 Å². The zero-order valence-electron chi connectivity index (χ0n) is 19.0. The first-order valence-electron chi connectivity index (χ1n) is 11.6. The van der Waals surface area contributed by atoms with Crippen LogP contribution in [0.2, 0.25) is 0 Å². The summed E-state index contributed by atoms with van der Waals surface area (Å²) in [5, 5.41) is 1.03. The standard InChI is InChI=1S/C24H31N5O3S/c1-29(24-20-9-10-26-23(20)27-16-28-24)19-6-3-17(4-7-19)14-33(25,30)15-18-5-8-21-22(13-18)32-12-2-11-31-21/h5,8-10,13,16-17,19,25H,2-4,6-7,11-12,14-15H2,1H3,(H,26,27,28). The smallest absolute Gasteiger partial charge is 0.161 e. The van der Waals surface area contributed by atoms with Gasteiger partial charge in [0, 0.05) is 41.2 Å². The van der Waals surface area contributed by atoms with Gasteiger partial charge in [-0.25, -0.2) is 14.2 Å². The number of rotatable bonds is 6. The van der Waals surface area contributed by atoms with Crippen LogP contribution in [0.15, 0.2) is 36.8 Å². The summed E-state index contributed by atoms with van der Waals surface area (Å²) >= 11 is 0. The van der Waals surface area contributed by atoms with Gasteiger partial charge < -0.3 is 19.4 Å². The molecule has 1 aromatic carbocycles. The maximum absolute atomic E-state index is 13.2. The first-order valence-corrected chi connectivity index (χ1v) is 13.5. The molecule has 2 aromatic heterocycles. The van der Waals surface area contributed by atoms with Crippen LogP contribution in [0.5, 0.6) is 11.5 Å². The number of nitrogens with zero attached hydrogens (tertiary/aromatic N) is 3. The highest BCUT2D eigenvalue weighted by atomic mass is 32.2. The van der Waals surface area contributed by atoms with E-state index in [1.165, 1.54) is 0 Å². The van der Waals surface area contributed by atoms with Gasteiger partial charge in [-0.05, 0) is 55.4 Å². The van der Waals surface area contributed by atoms with E-state index in [2.05, 4.69) is 26.9 Å². The lowest BCUT2D eigenvalue weighted by Crippen LogP contribution is -2.37. The molecule has 0 amide bonds. The first-order chi connectivity index (χ1) is 16.0. The Morgan fingerprint density at radius 2 is 1.91 bits per heavy atom. The average Bonchev–Trinajstić information content (AvgIpc) is 3.17. The second kappa shape index (κ2) is 9.21. The number of H-pyrrole nitrogens is 1. The summed E-state index contributed by atoms with van der Waals surface area (Å²) < 4.78 is 33.2. The maximum Gasteiger partial charge on any atom is 0.161 e. The molecule has 1 aliphatic carbocycles. The summed E-state index contributed by atoms with van der Waals surface area (Å²) in [6, 6.07) is 8.09. The largest absolute Gasteiger partial charge is 0.490 e. The molecule has 1 unspecified atom stereocenters. The second-order valence-corrected chi connectivity index (χ2v) is 11.4. The van der Waals surface area contributed by atoms with Crippen LogP contribution in [0, 0.1) is 10.7 Å². The topological polar surface area (TPSA) is 104 Å². The van der Waals surface area contributed by atoms with Crippen molar-refractivity contribution in [2.45, 2.75) is 43.9 Å². The van der Waals surface area contributed by atoms with Crippen molar-refractivity contribution in [2.24, 2.45) is 5.92 Å². The normalized spacial score (nSPS) is 22.5. The number of ether oxygens (including phenoxy) is 2. The van der Waals surface area contributed by atoms with E-state index in [0.717, 1.165) is 60.3 Å². The number of hydrogen-bond acceptors (Lipinski definition) is 7. The zero-order chi connectivity index (χ0) is 22.8. The van der Waals surface area contributed by atoms with Gasteiger partial charge >= 0.3 is 0 Å². The molecule has 0 saturated heterocycles. The van der Waals surface area contributed by atoms with E-state index in [1.54, 1.807) is 6.33 Å². The Morgan fingerprint density at radius 1 is 1.12 bits per heavy atom. The predicted octanol–water partition coefficient (Wildman–Crippen LogP) is 4.36. The molecular formula is C24H31N5O3S. The molecule has 1 aliphatic heterocycles. The van der Waals surface area contributed by atoms with E-state index in [9.17, 15) is 4.21 Å². The lowest BCUT2D eigenvalue weighted by Gasteiger charge is -2.35. The van der Waals surface area contributed by atoms with Crippen LogP contribution in [0.3, 0.4) is 0 Å². The van der Waals surface area contributed by atoms with E-state index < -0.39 is 9.73 Å². The molecule has 0 radical (unpaired) electrons. The highest BCUT2D eigenvalue weighted by molar-refractivity contribution is 7.91. The third kappa shape index (κ3) is 4.93. The van der Waals surface area contributed by atoms with Gasteiger partial charge in [0.25, 0.3) is 0 Å². The molecule has 3 heterocycles. The third-order valence-electron chi connectivity index (χ3n) is 6.75. The van der Waals surface area contributed by atoms with Crippen molar-refractivity contribution in [3.05, 3.63) is 42.4 Å². The van der Waals surface area contributed by atoms with Crippen molar-refractivity contribution in [3.63, 3.8) is 0 Å². The molecular weight excluding hydrogens is 438 g/mol. The van der Waals surface area contributed by atoms with Gasteiger partial charge in [0.15, 0.2) is 11.5 Å². The molecule has 3 aromatic rings. The van der Waals surface area contributed by atoms with Gasteiger partial charge in [-0.2, -0.15) is 0 Å². The van der Waals surface area contributed by atoms with E-state index >= 15 is 0 Å². The Labute approximate surface area is 194 Å². The lowest BCUT2D eigenvalue weighted by atomic mass is 9.86. The van der Waals surface area contributed by atoms with Crippen LogP contribution in [-0.2, 0) is 15.5 Å². The predicted molar refractivity (Wildman–Crippen MR) is 130 cm³/mol. The number of nitrogens with one attached hydrogen (secondary N) is 2. The Morgan fingerprint density at radius 3 is 2.73 bits per heavy atom. The van der Waals surface area contributed by atoms with Crippen LogP contribution in [0.1, 0.15) is 37.7 Å². The quantitative estimate of drug-likeness (QED) is 0.556. The highest BCUT2D eigenvalue weighted by Crippen LogP contribution is 2.34. The Hall–Kier alpha value is -2.81. The Bertz CT molecular complexity index is 1220. The van der Waals surface area contributed by atoms with Crippen LogP contribution >= 0.6 is 0 Å². The second-order valence-electron chi connectivity index (χ2n) is 9.18. The average molecular weight is 470 g/mol. The van der Waals surface area contributed by atoms with Crippen molar-refractivity contribution >= 4 is 26.6 Å². The van der Waals surface area contributed by atoms with E-state index in [4.69, 9.17) is 14.3 Å². The molecule has 1 fully saturated rings. The number of fused-ring (bicyclic) bond motifs is 2. The summed E-state index contributed by atoms with van der Waals surface area (Å²) in [6.45, 7) is 1.27. The van der Waals surface area contributed by atoms with Crippen LogP contribution in [-0.4, -0.2) is 51.2 Å². The fraction of sp³-hybridized carbons (Fsp3) is 0.500. The van der Waals surface area contributed by atoms with Crippen LogP contribution < -0.4 is 14.4 Å². The molecule has 176 valence electrons. The number of anilines is 1. The number of benzene rings is 1. The summed E-state index contributed by atoms with van der Waals surface area (Å²) in [7, 11) is -0.621. The van der Waals surface area contributed by atoms with Crippen LogP contribution in [0.25, 0.3) is 11.0 Å². The van der Waals surface area contributed by atoms with Gasteiger partial charge in [0.1, 0.15) is 17.8 Å². The third-order valence-corrected chi connectivity index (χ3v) is 8.56. The minimum atomic E-state index is -2.72. The minimum absolute atomic E-state index is 0.260. The Balaban J connectivity index is 1.18. The molecule has 8 nitrogen and oxygen atoms in total. The van der Waals surface area contributed by atoms with Gasteiger partial charge in [0.05, 0.1) is 24.4 Å². The minimum Gasteiger partial charge on any atom is -0.490 e. The summed E-state index contributed by atoms with van der Waals surface area (Å²) in [4.78, 5) is 14.2. The fourth-order valence-electron chi connectivity index (χ4n) is 5.02. The van der Waals surface area contributed by atoms with Crippen molar-refractivity contribution in [2.75, 3.05) is 30.9 Å². The fourth-order valence-corrected chi connectivity index (χ4v) is 6.95. The molecule has 2 N–H and O–H groups in total. The van der Waals surface area contributed by atoms with Gasteiger partial charge in [-0.3, -0.25) is 4.78 Å². The Kier molecular flexibility index (Phi) is 6.14. The molecule has 0 spiro atoms. The van der Waals surface area contributed by atoms with E-state index in [1.807, 2.05) is 30.5 Å². The lowest BCUT2D eigenvalue weighted by molar-refractivity contribution is 0.297. The SMILES string of the molecule is CN(c1ncnc2[nH]ccc12)C1CCC(CS(=N)(=O)Cc2ccc3c(c2)OCCCO3)CC1. The highest BCUT2D eigenvalue weighted by Gasteiger charge is 2.28. The molecule has 1 atom stereocenters. The van der Waals surface area contributed by atoms with Gasteiger partial charge in [0.2, 0.25) is 0 Å². The molecule has 9 heteroatoms. The van der Waals surface area contributed by atoms with Crippen molar-refractivity contribution in [1.82, 2.24) is 15.0 Å². The maximum atomic E-state index is 13.2. The van der Waals surface area contributed by atoms with Gasteiger partial charge in [-0.1, -0.05) is 6.07 Å². The first kappa shape index (κ1) is 22.0. The zero-order valence-corrected chi connectivity index (χ0v) is 19.8. The van der Waals surface area contributed by atoms with E-state index in [-0.39, 0.29) is 5.75 Å². The monoisotopic (exact) mass is 469 g/mol. The van der Waals surface area contributed by atoms with Gasteiger partial charge in [-0.15, -0.1) is 0 Å². The van der Waals surface area contributed by atoms with Crippen molar-refractivity contribution in [3.8, 4) is 11.5 Å². The number of hydrogen-bond donors (Lipinski definition) is 2. The molecule has 2 aliphatic rings. The van der Waals surface area contributed by atoms with Crippen LogP contribution in [0.4, 0.5) is 5.82 Å². The molecule has 5 rings (SSSR count). The summed E-state index contributed by atoms with van der Waals surface area (Å²) in [5.41, 5.74) is 1.73. The van der Waals surface area contributed by atoms with Crippen molar-refractivity contribution in [1.29, 1.82) is 4.78 Å². The molecule has 1 saturated carbocycles. The number of aromatic amines is 1. The number of aromatic nitrogens is 3. The summed E-state index contributed by atoms with van der Waals surface area (Å²) in [5.74, 6) is 3.41. The summed E-state index contributed by atoms with van der Waals surface area (Å²) in [6.07, 6.45) is 8.32. The molecule has 0 bridgehead atoms. The molecule has 33 heavy (non-hydrogen) atoms. The van der Waals surface area contributed by atoms with Crippen molar-refractivity contribution < 1.29 is 13.7 Å².